The van der Waals surface area contributed by atoms with Crippen LogP contribution in [0.25, 0.3) is 10.1 Å². The van der Waals surface area contributed by atoms with Crippen molar-refractivity contribution < 1.29 is 0 Å². The molecule has 0 radical (unpaired) electrons. The lowest BCUT2D eigenvalue weighted by atomic mass is 10.3. The first kappa shape index (κ1) is 9.55. The van der Waals surface area contributed by atoms with E-state index in [0.717, 1.165) is 4.70 Å². The van der Waals surface area contributed by atoms with Crippen molar-refractivity contribution in [2.24, 2.45) is 0 Å². The molecule has 0 unspecified atom stereocenters. The number of thiophene rings is 1. The summed E-state index contributed by atoms with van der Waals surface area (Å²) >= 11 is 7.43. The van der Waals surface area contributed by atoms with Crippen LogP contribution in [-0.4, -0.2) is 4.57 Å². The molecule has 0 amide bonds. The normalized spacial score (nSPS) is 11.0. The number of aromatic nitrogens is 1. The number of fused-ring (bicyclic) bond motifs is 1. The molecule has 0 atom stereocenters. The van der Waals surface area contributed by atoms with Crippen molar-refractivity contribution in [2.45, 2.75) is 13.5 Å². The summed E-state index contributed by atoms with van der Waals surface area (Å²) in [6.45, 7) is 2.50. The maximum Gasteiger partial charge on any atom is 0.261 e. The van der Waals surface area contributed by atoms with Gasteiger partial charge in [0.2, 0.25) is 0 Å². The molecule has 0 aromatic carbocycles. The first-order chi connectivity index (χ1) is 6.65. The maximum atomic E-state index is 11.8. The van der Waals surface area contributed by atoms with Crippen LogP contribution in [0.4, 0.5) is 5.69 Å². The van der Waals surface area contributed by atoms with E-state index >= 15 is 0 Å². The Kier molecular flexibility index (Phi) is 2.25. The molecule has 0 aliphatic rings. The molecule has 2 aromatic rings. The van der Waals surface area contributed by atoms with Gasteiger partial charge in [0.05, 0.1) is 20.8 Å². The fourth-order valence-corrected chi connectivity index (χ4v) is 2.60. The molecule has 0 bridgehead atoms. The number of nitrogens with two attached hydrogens (primary N) is 1. The van der Waals surface area contributed by atoms with Gasteiger partial charge in [-0.1, -0.05) is 11.6 Å². The van der Waals surface area contributed by atoms with Crippen molar-refractivity contribution in [3.63, 3.8) is 0 Å². The van der Waals surface area contributed by atoms with E-state index in [1.54, 1.807) is 16.1 Å². The van der Waals surface area contributed by atoms with Gasteiger partial charge in [-0.15, -0.1) is 11.3 Å². The van der Waals surface area contributed by atoms with E-state index in [0.29, 0.717) is 22.6 Å². The molecule has 0 fully saturated rings. The zero-order valence-corrected chi connectivity index (χ0v) is 9.15. The average molecular weight is 229 g/mol. The average Bonchev–Trinajstić information content (AvgIpc) is 2.54. The first-order valence-electron chi connectivity index (χ1n) is 4.20. The highest BCUT2D eigenvalue weighted by atomic mass is 35.5. The highest BCUT2D eigenvalue weighted by Crippen LogP contribution is 2.30. The largest absolute Gasteiger partial charge is 0.397 e. The van der Waals surface area contributed by atoms with Crippen LogP contribution in [0.5, 0.6) is 0 Å². The Morgan fingerprint density at radius 3 is 3.00 bits per heavy atom. The lowest BCUT2D eigenvalue weighted by molar-refractivity contribution is 0.735. The standard InChI is InChI=1S/C9H9ClN2OS/c1-2-12-3-5(10)8-7(9(12)13)6(11)4-14-8/h3-4H,2,11H2,1H3. The third kappa shape index (κ3) is 1.22. The van der Waals surface area contributed by atoms with E-state index in [2.05, 4.69) is 0 Å². The van der Waals surface area contributed by atoms with Gasteiger partial charge in [0.1, 0.15) is 0 Å². The van der Waals surface area contributed by atoms with Crippen LogP contribution in [0.1, 0.15) is 6.92 Å². The van der Waals surface area contributed by atoms with Crippen LogP contribution >= 0.6 is 22.9 Å². The zero-order chi connectivity index (χ0) is 10.3. The second-order valence-electron chi connectivity index (χ2n) is 2.96. The number of rotatable bonds is 1. The molecule has 0 saturated heterocycles. The Hall–Kier alpha value is -1.00. The number of anilines is 1. The van der Waals surface area contributed by atoms with Crippen molar-refractivity contribution in [3.8, 4) is 0 Å². The van der Waals surface area contributed by atoms with Gasteiger partial charge in [-0.2, -0.15) is 0 Å². The molecule has 0 saturated carbocycles. The molecule has 5 heteroatoms. The van der Waals surface area contributed by atoms with Crippen molar-refractivity contribution in [2.75, 3.05) is 5.73 Å². The van der Waals surface area contributed by atoms with Crippen LogP contribution in [0, 0.1) is 0 Å². The third-order valence-electron chi connectivity index (χ3n) is 2.12. The summed E-state index contributed by atoms with van der Waals surface area (Å²) < 4.78 is 2.34. The van der Waals surface area contributed by atoms with E-state index in [1.165, 1.54) is 11.3 Å². The van der Waals surface area contributed by atoms with E-state index in [4.69, 9.17) is 17.3 Å². The predicted molar refractivity (Wildman–Crippen MR) is 61.2 cm³/mol. The van der Waals surface area contributed by atoms with Gasteiger partial charge in [0.15, 0.2) is 0 Å². The van der Waals surface area contributed by atoms with Gasteiger partial charge in [-0.25, -0.2) is 0 Å². The van der Waals surface area contributed by atoms with Gasteiger partial charge in [0, 0.05) is 18.1 Å². The summed E-state index contributed by atoms with van der Waals surface area (Å²) in [5.74, 6) is 0. The second-order valence-corrected chi connectivity index (χ2v) is 4.25. The van der Waals surface area contributed by atoms with Crippen LogP contribution in [0.15, 0.2) is 16.4 Å². The topological polar surface area (TPSA) is 48.0 Å². The monoisotopic (exact) mass is 228 g/mol. The molecule has 2 heterocycles. The number of pyridine rings is 1. The van der Waals surface area contributed by atoms with Crippen molar-refractivity contribution in [1.82, 2.24) is 4.57 Å². The third-order valence-corrected chi connectivity index (χ3v) is 3.55. The van der Waals surface area contributed by atoms with E-state index in [-0.39, 0.29) is 5.56 Å². The van der Waals surface area contributed by atoms with E-state index in [1.807, 2.05) is 6.92 Å². The van der Waals surface area contributed by atoms with Gasteiger partial charge in [0.25, 0.3) is 5.56 Å². The minimum absolute atomic E-state index is 0.0642. The molecule has 0 aliphatic carbocycles. The highest BCUT2D eigenvalue weighted by molar-refractivity contribution is 7.18. The van der Waals surface area contributed by atoms with Gasteiger partial charge >= 0.3 is 0 Å². The zero-order valence-electron chi connectivity index (χ0n) is 7.58. The Morgan fingerprint density at radius 2 is 2.36 bits per heavy atom. The van der Waals surface area contributed by atoms with E-state index in [9.17, 15) is 4.79 Å². The SMILES string of the molecule is CCn1cc(Cl)c2scc(N)c2c1=O. The number of nitrogens with zero attached hydrogens (tertiary/aromatic N) is 1. The number of halogens is 1. The highest BCUT2D eigenvalue weighted by Gasteiger charge is 2.11. The van der Waals surface area contributed by atoms with Gasteiger partial charge < -0.3 is 10.3 Å². The number of hydrogen-bond acceptors (Lipinski definition) is 3. The lowest BCUT2D eigenvalue weighted by Crippen LogP contribution is -2.18. The summed E-state index contributed by atoms with van der Waals surface area (Å²) in [5, 5.41) is 2.88. The smallest absolute Gasteiger partial charge is 0.261 e. The van der Waals surface area contributed by atoms with Crippen LogP contribution in [0.3, 0.4) is 0 Å². The molecule has 14 heavy (non-hydrogen) atoms. The Bertz CT molecular complexity index is 543. The first-order valence-corrected chi connectivity index (χ1v) is 5.46. The van der Waals surface area contributed by atoms with Crippen molar-refractivity contribution in [1.29, 1.82) is 0 Å². The van der Waals surface area contributed by atoms with Crippen LogP contribution < -0.4 is 11.3 Å². The minimum atomic E-state index is -0.0642. The molecule has 2 N–H and O–H groups in total. The Morgan fingerprint density at radius 1 is 1.64 bits per heavy atom. The Labute approximate surface area is 89.7 Å². The summed E-state index contributed by atoms with van der Waals surface area (Å²) in [7, 11) is 0. The summed E-state index contributed by atoms with van der Waals surface area (Å²) in [4.78, 5) is 11.8. The fraction of sp³-hybridized carbons (Fsp3) is 0.222. The molecule has 74 valence electrons. The van der Waals surface area contributed by atoms with Gasteiger partial charge in [-0.3, -0.25) is 4.79 Å². The maximum absolute atomic E-state index is 11.8. The number of aryl methyl sites for hydroxylation is 1. The molecule has 2 rings (SSSR count). The fourth-order valence-electron chi connectivity index (χ4n) is 1.40. The summed E-state index contributed by atoms with van der Waals surface area (Å²) in [6.07, 6.45) is 1.65. The predicted octanol–water partition coefficient (Wildman–Crippen LogP) is 2.32. The molecule has 3 nitrogen and oxygen atoms in total. The molecular formula is C9H9ClN2OS. The van der Waals surface area contributed by atoms with Crippen molar-refractivity contribution >= 4 is 38.7 Å². The molecule has 0 aliphatic heterocycles. The summed E-state index contributed by atoms with van der Waals surface area (Å²) in [6, 6.07) is 0. The second kappa shape index (κ2) is 3.29. The quantitative estimate of drug-likeness (QED) is 0.814. The summed E-state index contributed by atoms with van der Waals surface area (Å²) in [5.41, 5.74) is 6.16. The number of nitrogen functional groups attached to an aromatic ring is 1. The molecule has 2 aromatic heterocycles. The minimum Gasteiger partial charge on any atom is -0.397 e. The Balaban J connectivity index is 2.99. The van der Waals surface area contributed by atoms with Crippen molar-refractivity contribution in [3.05, 3.63) is 27.0 Å². The van der Waals surface area contributed by atoms with E-state index < -0.39 is 0 Å². The van der Waals surface area contributed by atoms with Crippen LogP contribution in [0.2, 0.25) is 5.02 Å². The molecular weight excluding hydrogens is 220 g/mol. The van der Waals surface area contributed by atoms with Crippen LogP contribution in [-0.2, 0) is 6.54 Å². The lowest BCUT2D eigenvalue weighted by Gasteiger charge is -2.03. The number of hydrogen-bond donors (Lipinski definition) is 1. The van der Waals surface area contributed by atoms with Gasteiger partial charge in [-0.05, 0) is 6.92 Å². The molecule has 0 spiro atoms.